The molecule has 0 atom stereocenters. The highest BCUT2D eigenvalue weighted by Gasteiger charge is 2.25. The largest absolute Gasteiger partial charge is 0.454 e. The molecular formula is C21H23N3O5S. The molecule has 158 valence electrons. The number of thiophene rings is 1. The van der Waals surface area contributed by atoms with Gasteiger partial charge in [-0.2, -0.15) is 0 Å². The van der Waals surface area contributed by atoms with Crippen molar-refractivity contribution in [1.82, 2.24) is 9.80 Å². The van der Waals surface area contributed by atoms with E-state index in [9.17, 15) is 14.4 Å². The highest BCUT2D eigenvalue weighted by atomic mass is 32.1. The third kappa shape index (κ3) is 4.31. The average molecular weight is 429 g/mol. The van der Waals surface area contributed by atoms with Gasteiger partial charge in [0.2, 0.25) is 12.7 Å². The number of rotatable bonds is 5. The van der Waals surface area contributed by atoms with E-state index >= 15 is 0 Å². The van der Waals surface area contributed by atoms with Crippen LogP contribution in [0.3, 0.4) is 0 Å². The zero-order valence-electron chi connectivity index (χ0n) is 16.9. The van der Waals surface area contributed by atoms with Crippen molar-refractivity contribution in [2.24, 2.45) is 0 Å². The summed E-state index contributed by atoms with van der Waals surface area (Å²) in [7, 11) is 0. The highest BCUT2D eigenvalue weighted by molar-refractivity contribution is 7.12. The van der Waals surface area contributed by atoms with E-state index in [1.165, 1.54) is 18.3 Å². The Balaban J connectivity index is 1.33. The number of fused-ring (bicyclic) bond motifs is 1. The molecule has 0 aliphatic carbocycles. The number of hydrogen-bond donors (Lipinski definition) is 1. The molecule has 1 aromatic carbocycles. The van der Waals surface area contributed by atoms with E-state index in [1.807, 2.05) is 28.2 Å². The van der Waals surface area contributed by atoms with Crippen LogP contribution in [0.15, 0.2) is 23.6 Å². The van der Waals surface area contributed by atoms with Gasteiger partial charge in [0.25, 0.3) is 5.91 Å². The van der Waals surface area contributed by atoms with Crippen LogP contribution in [0.5, 0.6) is 11.5 Å². The molecule has 8 nitrogen and oxygen atoms in total. The van der Waals surface area contributed by atoms with Crippen molar-refractivity contribution in [3.63, 3.8) is 0 Å². The minimum absolute atomic E-state index is 0.0451. The van der Waals surface area contributed by atoms with Crippen LogP contribution in [0.2, 0.25) is 0 Å². The van der Waals surface area contributed by atoms with E-state index < -0.39 is 0 Å². The number of carbonyl (C=O) groups excluding carboxylic acids is 3. The van der Waals surface area contributed by atoms with Crippen molar-refractivity contribution >= 4 is 34.6 Å². The zero-order valence-corrected chi connectivity index (χ0v) is 17.7. The van der Waals surface area contributed by atoms with Gasteiger partial charge < -0.3 is 19.7 Å². The fourth-order valence-corrected chi connectivity index (χ4v) is 4.40. The lowest BCUT2D eigenvalue weighted by Gasteiger charge is -2.34. The Bertz CT molecular complexity index is 995. The molecule has 4 rings (SSSR count). The number of hydrogen-bond acceptors (Lipinski definition) is 7. The van der Waals surface area contributed by atoms with Crippen molar-refractivity contribution < 1.29 is 23.9 Å². The summed E-state index contributed by atoms with van der Waals surface area (Å²) >= 11 is 1.46. The molecule has 2 aliphatic heterocycles. The molecule has 2 amide bonds. The summed E-state index contributed by atoms with van der Waals surface area (Å²) in [6, 6.07) is 5.12. The summed E-state index contributed by atoms with van der Waals surface area (Å²) in [5.41, 5.74) is 1.89. The van der Waals surface area contributed by atoms with Gasteiger partial charge in [0.05, 0.1) is 17.1 Å². The first kappa shape index (κ1) is 20.4. The van der Waals surface area contributed by atoms with Crippen LogP contribution in [0.4, 0.5) is 5.69 Å². The third-order valence-electron chi connectivity index (χ3n) is 5.13. The fourth-order valence-electron chi connectivity index (χ4n) is 3.54. The van der Waals surface area contributed by atoms with E-state index in [-0.39, 0.29) is 30.9 Å². The van der Waals surface area contributed by atoms with E-state index in [4.69, 9.17) is 9.47 Å². The number of ketones is 1. The quantitative estimate of drug-likeness (QED) is 0.735. The summed E-state index contributed by atoms with van der Waals surface area (Å²) < 4.78 is 10.7. The smallest absolute Gasteiger partial charge is 0.264 e. The van der Waals surface area contributed by atoms with Gasteiger partial charge in [0.15, 0.2) is 17.3 Å². The highest BCUT2D eigenvalue weighted by Crippen LogP contribution is 2.37. The van der Waals surface area contributed by atoms with Gasteiger partial charge in [-0.25, -0.2) is 0 Å². The standard InChI is InChI=1S/C21H23N3O5S/c1-13-7-19(30-11-13)21(27)24-5-3-23(4-6-24)10-20(26)22-16-9-18-17(28-12-29-18)8-15(16)14(2)25/h7-9,11H,3-6,10,12H2,1-2H3,(H,22,26). The van der Waals surface area contributed by atoms with Crippen LogP contribution < -0.4 is 14.8 Å². The average Bonchev–Trinajstić information content (AvgIpc) is 3.35. The first-order valence-corrected chi connectivity index (χ1v) is 10.6. The minimum Gasteiger partial charge on any atom is -0.454 e. The molecule has 0 radical (unpaired) electrons. The molecule has 0 bridgehead atoms. The maximum absolute atomic E-state index is 12.6. The molecule has 2 aromatic rings. The Morgan fingerprint density at radius 2 is 1.77 bits per heavy atom. The Kier molecular flexibility index (Phi) is 5.74. The maximum Gasteiger partial charge on any atom is 0.264 e. The van der Waals surface area contributed by atoms with Crippen LogP contribution in [0, 0.1) is 6.92 Å². The number of benzene rings is 1. The van der Waals surface area contributed by atoms with E-state index in [2.05, 4.69) is 5.32 Å². The van der Waals surface area contributed by atoms with Crippen LogP contribution >= 0.6 is 11.3 Å². The number of anilines is 1. The second-order valence-corrected chi connectivity index (χ2v) is 8.32. The van der Waals surface area contributed by atoms with Crippen molar-refractivity contribution in [3.8, 4) is 11.5 Å². The first-order chi connectivity index (χ1) is 14.4. The molecule has 0 unspecified atom stereocenters. The van der Waals surface area contributed by atoms with Crippen LogP contribution in [0.1, 0.15) is 32.5 Å². The molecule has 1 aromatic heterocycles. The number of piperazine rings is 1. The topological polar surface area (TPSA) is 88.2 Å². The Morgan fingerprint density at radius 1 is 1.07 bits per heavy atom. The predicted molar refractivity (Wildman–Crippen MR) is 113 cm³/mol. The van der Waals surface area contributed by atoms with Crippen molar-refractivity contribution in [1.29, 1.82) is 0 Å². The first-order valence-electron chi connectivity index (χ1n) is 9.72. The number of nitrogens with one attached hydrogen (secondary N) is 1. The van der Waals surface area contributed by atoms with Crippen molar-refractivity contribution in [3.05, 3.63) is 39.6 Å². The molecule has 0 spiro atoms. The molecular weight excluding hydrogens is 406 g/mol. The lowest BCUT2D eigenvalue weighted by Crippen LogP contribution is -2.50. The lowest BCUT2D eigenvalue weighted by atomic mass is 10.1. The number of aryl methyl sites for hydroxylation is 1. The minimum atomic E-state index is -0.218. The summed E-state index contributed by atoms with van der Waals surface area (Å²) in [5, 5.41) is 4.79. The van der Waals surface area contributed by atoms with Gasteiger partial charge in [0.1, 0.15) is 0 Å². The second-order valence-electron chi connectivity index (χ2n) is 7.41. The molecule has 9 heteroatoms. The van der Waals surface area contributed by atoms with E-state index in [1.54, 1.807) is 12.1 Å². The van der Waals surface area contributed by atoms with Crippen LogP contribution in [-0.4, -0.2) is 66.9 Å². The second kappa shape index (κ2) is 8.45. The van der Waals surface area contributed by atoms with Gasteiger partial charge >= 0.3 is 0 Å². The van der Waals surface area contributed by atoms with E-state index in [0.717, 1.165) is 10.4 Å². The van der Waals surface area contributed by atoms with Gasteiger partial charge in [-0.3, -0.25) is 19.3 Å². The zero-order chi connectivity index (χ0) is 21.3. The summed E-state index contributed by atoms with van der Waals surface area (Å²) in [6.07, 6.45) is 0. The van der Waals surface area contributed by atoms with Gasteiger partial charge in [-0.15, -0.1) is 11.3 Å². The molecule has 1 saturated heterocycles. The maximum atomic E-state index is 12.6. The molecule has 1 N–H and O–H groups in total. The SMILES string of the molecule is CC(=O)c1cc2c(cc1NC(=O)CN1CCN(C(=O)c3cc(C)cs3)CC1)OCO2. The Labute approximate surface area is 178 Å². The number of ether oxygens (including phenoxy) is 2. The predicted octanol–water partition coefficient (Wildman–Crippen LogP) is 2.38. The molecule has 3 heterocycles. The lowest BCUT2D eigenvalue weighted by molar-refractivity contribution is -0.117. The van der Waals surface area contributed by atoms with Gasteiger partial charge in [0, 0.05) is 37.8 Å². The molecule has 0 saturated carbocycles. The summed E-state index contributed by atoms with van der Waals surface area (Å²) in [6.45, 7) is 6.08. The molecule has 1 fully saturated rings. The Morgan fingerprint density at radius 3 is 2.40 bits per heavy atom. The summed E-state index contributed by atoms with van der Waals surface area (Å²) in [4.78, 5) is 41.7. The normalized spacial score (nSPS) is 15.9. The molecule has 2 aliphatic rings. The number of Topliss-reactive ketones (excluding diaryl/α,β-unsaturated/α-hetero) is 1. The van der Waals surface area contributed by atoms with Crippen LogP contribution in [0.25, 0.3) is 0 Å². The van der Waals surface area contributed by atoms with Crippen LogP contribution in [-0.2, 0) is 4.79 Å². The Hall–Kier alpha value is -2.91. The van der Waals surface area contributed by atoms with Crippen molar-refractivity contribution in [2.75, 3.05) is 44.8 Å². The van der Waals surface area contributed by atoms with Gasteiger partial charge in [-0.05, 0) is 36.9 Å². The van der Waals surface area contributed by atoms with Gasteiger partial charge in [-0.1, -0.05) is 0 Å². The summed E-state index contributed by atoms with van der Waals surface area (Å²) in [5.74, 6) is 0.666. The van der Waals surface area contributed by atoms with Crippen molar-refractivity contribution in [2.45, 2.75) is 13.8 Å². The van der Waals surface area contributed by atoms with E-state index in [0.29, 0.717) is 48.9 Å². The number of nitrogens with zero attached hydrogens (tertiary/aromatic N) is 2. The monoisotopic (exact) mass is 429 g/mol. The molecule has 30 heavy (non-hydrogen) atoms. The fraction of sp³-hybridized carbons (Fsp3) is 0.381. The number of amides is 2. The number of carbonyl (C=O) groups is 3. The third-order valence-corrected chi connectivity index (χ3v) is 6.17.